The number of hydrogen-bond donors (Lipinski definition) is 1. The summed E-state index contributed by atoms with van der Waals surface area (Å²) in [5, 5.41) is 17.8. The van der Waals surface area contributed by atoms with E-state index < -0.39 is 12.7 Å². The summed E-state index contributed by atoms with van der Waals surface area (Å²) in [5.41, 5.74) is 0. The van der Waals surface area contributed by atoms with E-state index in [0.29, 0.717) is 10.9 Å². The van der Waals surface area contributed by atoms with Gasteiger partial charge in [-0.3, -0.25) is 4.79 Å². The molecule has 116 valence electrons. The molecule has 1 aromatic heterocycles. The molecule has 11 heteroatoms. The fourth-order valence-corrected chi connectivity index (χ4v) is 2.78. The predicted molar refractivity (Wildman–Crippen MR) is 73.0 cm³/mol. The fraction of sp³-hybridized carbons (Fsp3) is 0.600. The second kappa shape index (κ2) is 8.04. The number of aromatic nitrogens is 2. The highest BCUT2D eigenvalue weighted by Gasteiger charge is 2.27. The molecule has 1 rings (SSSR count). The molecule has 1 heterocycles. The Labute approximate surface area is 127 Å². The minimum absolute atomic E-state index is 0.0557. The van der Waals surface area contributed by atoms with E-state index in [4.69, 9.17) is 5.26 Å². The SMILES string of the molecule is CN(CCC#N)C(=O)CSc1nnc(NCC(F)(F)F)s1. The Balaban J connectivity index is 2.38. The molecule has 0 aliphatic rings. The Kier molecular flexibility index (Phi) is 6.70. The molecular formula is C10H12F3N5OS2. The highest BCUT2D eigenvalue weighted by atomic mass is 32.2. The molecule has 0 saturated heterocycles. The number of rotatable bonds is 7. The standard InChI is InChI=1S/C10H12F3N5OS2/c1-18(4-2-3-14)7(19)5-20-9-17-16-8(21-9)15-6-10(11,12)13/h2,4-6H2,1H3,(H,15,16). The van der Waals surface area contributed by atoms with Crippen LogP contribution < -0.4 is 5.32 Å². The number of hydrogen-bond acceptors (Lipinski definition) is 7. The number of nitrogens with one attached hydrogen (secondary N) is 1. The molecule has 0 radical (unpaired) electrons. The van der Waals surface area contributed by atoms with Crippen molar-refractivity contribution in [2.24, 2.45) is 0 Å². The first-order valence-electron chi connectivity index (χ1n) is 5.69. The average Bonchev–Trinajstić information content (AvgIpc) is 2.87. The van der Waals surface area contributed by atoms with Gasteiger partial charge in [0.2, 0.25) is 11.0 Å². The van der Waals surface area contributed by atoms with E-state index in [0.717, 1.165) is 23.1 Å². The number of carbonyl (C=O) groups excluding carboxylic acids is 1. The van der Waals surface area contributed by atoms with Gasteiger partial charge in [0.05, 0.1) is 18.2 Å². The normalized spacial score (nSPS) is 11.0. The van der Waals surface area contributed by atoms with Crippen LogP contribution in [0.25, 0.3) is 0 Å². The summed E-state index contributed by atoms with van der Waals surface area (Å²) in [7, 11) is 1.58. The van der Waals surface area contributed by atoms with Gasteiger partial charge in [-0.15, -0.1) is 10.2 Å². The molecule has 0 bridgehead atoms. The summed E-state index contributed by atoms with van der Waals surface area (Å²) in [5.74, 6) is -0.0919. The zero-order valence-corrected chi connectivity index (χ0v) is 12.6. The minimum atomic E-state index is -4.32. The predicted octanol–water partition coefficient (Wildman–Crippen LogP) is 1.98. The molecule has 0 atom stereocenters. The van der Waals surface area contributed by atoms with Crippen LogP contribution >= 0.6 is 23.1 Å². The summed E-state index contributed by atoms with van der Waals surface area (Å²) < 4.78 is 36.4. The van der Waals surface area contributed by atoms with Crippen molar-refractivity contribution in [3.05, 3.63) is 0 Å². The number of halogens is 3. The number of thioether (sulfide) groups is 1. The third kappa shape index (κ3) is 7.14. The summed E-state index contributed by atoms with van der Waals surface area (Å²) in [6.45, 7) is -0.841. The highest BCUT2D eigenvalue weighted by Crippen LogP contribution is 2.26. The second-order valence-corrected chi connectivity index (χ2v) is 6.05. The van der Waals surface area contributed by atoms with Crippen LogP contribution in [0.4, 0.5) is 18.3 Å². The summed E-state index contributed by atoms with van der Waals surface area (Å²) in [6.07, 6.45) is -4.07. The molecular weight excluding hydrogens is 327 g/mol. The lowest BCUT2D eigenvalue weighted by molar-refractivity contribution is -0.127. The third-order valence-corrected chi connectivity index (χ3v) is 4.15. The maximum Gasteiger partial charge on any atom is 0.405 e. The van der Waals surface area contributed by atoms with E-state index >= 15 is 0 Å². The van der Waals surface area contributed by atoms with Crippen molar-refractivity contribution in [3.63, 3.8) is 0 Å². The molecule has 21 heavy (non-hydrogen) atoms. The molecule has 0 unspecified atom stereocenters. The first-order valence-corrected chi connectivity index (χ1v) is 7.50. The number of nitrogens with zero attached hydrogens (tertiary/aromatic N) is 4. The molecule has 0 aromatic carbocycles. The molecule has 6 nitrogen and oxygen atoms in total. The zero-order valence-electron chi connectivity index (χ0n) is 11.0. The molecule has 0 aliphatic heterocycles. The van der Waals surface area contributed by atoms with Gasteiger partial charge in [-0.25, -0.2) is 0 Å². The average molecular weight is 339 g/mol. The number of anilines is 1. The zero-order chi connectivity index (χ0) is 15.9. The van der Waals surface area contributed by atoms with Crippen molar-refractivity contribution in [2.75, 3.05) is 31.2 Å². The Hall–Kier alpha value is -1.54. The first-order chi connectivity index (χ1) is 9.81. The van der Waals surface area contributed by atoms with E-state index in [9.17, 15) is 18.0 Å². The van der Waals surface area contributed by atoms with Crippen molar-refractivity contribution in [3.8, 4) is 6.07 Å². The summed E-state index contributed by atoms with van der Waals surface area (Å²) in [4.78, 5) is 13.1. The van der Waals surface area contributed by atoms with Gasteiger partial charge in [-0.2, -0.15) is 18.4 Å². The van der Waals surface area contributed by atoms with Crippen LogP contribution in [0, 0.1) is 11.3 Å². The highest BCUT2D eigenvalue weighted by molar-refractivity contribution is 8.01. The van der Waals surface area contributed by atoms with Crippen molar-refractivity contribution < 1.29 is 18.0 Å². The van der Waals surface area contributed by atoms with Crippen LogP contribution in [-0.4, -0.2) is 53.1 Å². The lowest BCUT2D eigenvalue weighted by Crippen LogP contribution is -2.29. The summed E-state index contributed by atoms with van der Waals surface area (Å²) in [6, 6.07) is 1.94. The van der Waals surface area contributed by atoms with Crippen LogP contribution in [-0.2, 0) is 4.79 Å². The largest absolute Gasteiger partial charge is 0.405 e. The second-order valence-electron chi connectivity index (χ2n) is 3.85. The van der Waals surface area contributed by atoms with Crippen molar-refractivity contribution in [2.45, 2.75) is 16.9 Å². The van der Waals surface area contributed by atoms with Gasteiger partial charge >= 0.3 is 6.18 Å². The van der Waals surface area contributed by atoms with Crippen molar-refractivity contribution in [1.29, 1.82) is 5.26 Å². The van der Waals surface area contributed by atoms with Crippen molar-refractivity contribution in [1.82, 2.24) is 15.1 Å². The van der Waals surface area contributed by atoms with Gasteiger partial charge in [0.15, 0.2) is 4.34 Å². The smallest absolute Gasteiger partial charge is 0.351 e. The molecule has 0 spiro atoms. The van der Waals surface area contributed by atoms with Gasteiger partial charge in [0.25, 0.3) is 0 Å². The Morgan fingerprint density at radius 2 is 2.24 bits per heavy atom. The van der Waals surface area contributed by atoms with Gasteiger partial charge in [0, 0.05) is 13.6 Å². The van der Waals surface area contributed by atoms with Gasteiger partial charge in [0.1, 0.15) is 6.54 Å². The van der Waals surface area contributed by atoms with E-state index in [-0.39, 0.29) is 23.2 Å². The van der Waals surface area contributed by atoms with E-state index in [1.54, 1.807) is 7.05 Å². The Morgan fingerprint density at radius 3 is 2.86 bits per heavy atom. The van der Waals surface area contributed by atoms with Gasteiger partial charge in [-0.05, 0) is 0 Å². The number of amides is 1. The van der Waals surface area contributed by atoms with Crippen LogP contribution in [0.2, 0.25) is 0 Å². The first kappa shape index (κ1) is 17.5. The van der Waals surface area contributed by atoms with Crippen molar-refractivity contribution >= 4 is 34.1 Å². The van der Waals surface area contributed by atoms with Gasteiger partial charge < -0.3 is 10.2 Å². The molecule has 1 aromatic rings. The number of alkyl halides is 3. The maximum atomic E-state index is 12.0. The maximum absolute atomic E-state index is 12.0. The monoisotopic (exact) mass is 339 g/mol. The quantitative estimate of drug-likeness (QED) is 0.765. The van der Waals surface area contributed by atoms with Gasteiger partial charge in [-0.1, -0.05) is 23.1 Å². The van der Waals surface area contributed by atoms with Crippen LogP contribution in [0.5, 0.6) is 0 Å². The Morgan fingerprint density at radius 1 is 1.52 bits per heavy atom. The van der Waals surface area contributed by atoms with Crippen LogP contribution in [0.3, 0.4) is 0 Å². The topological polar surface area (TPSA) is 81.9 Å². The Bertz CT molecular complexity index is 514. The molecule has 1 N–H and O–H groups in total. The third-order valence-electron chi connectivity index (χ3n) is 2.15. The minimum Gasteiger partial charge on any atom is -0.351 e. The molecule has 1 amide bonds. The van der Waals surface area contributed by atoms with E-state index in [1.165, 1.54) is 4.90 Å². The lowest BCUT2D eigenvalue weighted by Gasteiger charge is -2.14. The van der Waals surface area contributed by atoms with E-state index in [1.807, 2.05) is 6.07 Å². The summed E-state index contributed by atoms with van der Waals surface area (Å²) >= 11 is 2.05. The fourth-order valence-electron chi connectivity index (χ4n) is 1.09. The van der Waals surface area contributed by atoms with Crippen LogP contribution in [0.1, 0.15) is 6.42 Å². The number of nitriles is 1. The lowest BCUT2D eigenvalue weighted by atomic mass is 10.4. The number of carbonyl (C=O) groups is 1. The molecule has 0 saturated carbocycles. The molecule has 0 fully saturated rings. The van der Waals surface area contributed by atoms with Crippen LogP contribution in [0.15, 0.2) is 4.34 Å². The molecule has 0 aliphatic carbocycles. The van der Waals surface area contributed by atoms with E-state index in [2.05, 4.69) is 15.5 Å².